The molecule has 0 saturated heterocycles. The molecule has 3 nitrogen and oxygen atoms in total. The third-order valence-electron chi connectivity index (χ3n) is 2.93. The molecule has 1 aromatic rings. The summed E-state index contributed by atoms with van der Waals surface area (Å²) in [6, 6.07) is 2.56. The number of nitrogens with zero attached hydrogens (tertiary/aromatic N) is 1. The van der Waals surface area contributed by atoms with Gasteiger partial charge in [-0.3, -0.25) is 0 Å². The van der Waals surface area contributed by atoms with Crippen LogP contribution in [0.25, 0.3) is 0 Å². The van der Waals surface area contributed by atoms with Crippen molar-refractivity contribution in [2.45, 2.75) is 39.8 Å². The van der Waals surface area contributed by atoms with E-state index in [-0.39, 0.29) is 0 Å². The second kappa shape index (κ2) is 6.71. The number of hydrogen-bond acceptors (Lipinski definition) is 3. The van der Waals surface area contributed by atoms with Gasteiger partial charge in [0.1, 0.15) is 5.76 Å². The molecule has 0 aliphatic heterocycles. The lowest BCUT2D eigenvalue weighted by Crippen LogP contribution is -2.37. The Kier molecular flexibility index (Phi) is 5.56. The maximum Gasteiger partial charge on any atom is 0.107 e. The van der Waals surface area contributed by atoms with Crippen LogP contribution in [0.4, 0.5) is 0 Å². The van der Waals surface area contributed by atoms with Gasteiger partial charge in [0.15, 0.2) is 0 Å². The highest BCUT2D eigenvalue weighted by Gasteiger charge is 2.07. The highest BCUT2D eigenvalue weighted by Crippen LogP contribution is 2.10. The number of furan rings is 1. The Bertz CT molecular complexity index is 296. The van der Waals surface area contributed by atoms with Crippen LogP contribution in [0.3, 0.4) is 0 Å². The SMILES string of the molecule is CCc1occc1CNC(C)CN(C)CC. The molecular formula is C13H24N2O. The van der Waals surface area contributed by atoms with Crippen LogP contribution in [0.15, 0.2) is 16.7 Å². The Morgan fingerprint density at radius 1 is 1.44 bits per heavy atom. The molecule has 1 atom stereocenters. The molecule has 0 fully saturated rings. The molecule has 0 radical (unpaired) electrons. The average Bonchev–Trinajstić information content (AvgIpc) is 2.73. The van der Waals surface area contributed by atoms with E-state index in [9.17, 15) is 0 Å². The van der Waals surface area contributed by atoms with Gasteiger partial charge in [-0.05, 0) is 26.6 Å². The van der Waals surface area contributed by atoms with Crippen LogP contribution in [-0.4, -0.2) is 31.1 Å². The van der Waals surface area contributed by atoms with Gasteiger partial charge in [0, 0.05) is 31.1 Å². The highest BCUT2D eigenvalue weighted by molar-refractivity contribution is 5.16. The molecule has 1 unspecified atom stereocenters. The average molecular weight is 224 g/mol. The molecule has 0 amide bonds. The fourth-order valence-corrected chi connectivity index (χ4v) is 1.78. The van der Waals surface area contributed by atoms with E-state index >= 15 is 0 Å². The van der Waals surface area contributed by atoms with E-state index in [4.69, 9.17) is 4.42 Å². The van der Waals surface area contributed by atoms with Crippen LogP contribution in [0.5, 0.6) is 0 Å². The number of nitrogens with one attached hydrogen (secondary N) is 1. The first-order valence-corrected chi connectivity index (χ1v) is 6.14. The highest BCUT2D eigenvalue weighted by atomic mass is 16.3. The quantitative estimate of drug-likeness (QED) is 0.770. The van der Waals surface area contributed by atoms with Crippen LogP contribution in [-0.2, 0) is 13.0 Å². The Morgan fingerprint density at radius 3 is 2.81 bits per heavy atom. The van der Waals surface area contributed by atoms with Crippen LogP contribution >= 0.6 is 0 Å². The number of aryl methyl sites for hydroxylation is 1. The van der Waals surface area contributed by atoms with Crippen molar-refractivity contribution in [2.24, 2.45) is 0 Å². The first-order valence-electron chi connectivity index (χ1n) is 6.14. The van der Waals surface area contributed by atoms with E-state index in [1.807, 2.05) is 0 Å². The van der Waals surface area contributed by atoms with Crippen molar-refractivity contribution >= 4 is 0 Å². The standard InChI is InChI=1S/C13H24N2O/c1-5-13-12(7-8-16-13)9-14-11(3)10-15(4)6-2/h7-8,11,14H,5-6,9-10H2,1-4H3. The molecule has 1 heterocycles. The summed E-state index contributed by atoms with van der Waals surface area (Å²) in [6.07, 6.45) is 2.74. The lowest BCUT2D eigenvalue weighted by molar-refractivity contribution is 0.309. The molecule has 92 valence electrons. The number of hydrogen-bond donors (Lipinski definition) is 1. The smallest absolute Gasteiger partial charge is 0.107 e. The van der Waals surface area contributed by atoms with Gasteiger partial charge in [0.2, 0.25) is 0 Å². The third kappa shape index (κ3) is 3.99. The molecule has 0 saturated carbocycles. The van der Waals surface area contributed by atoms with Crippen molar-refractivity contribution < 1.29 is 4.42 Å². The molecule has 16 heavy (non-hydrogen) atoms. The molecule has 0 aliphatic rings. The van der Waals surface area contributed by atoms with Crippen LogP contribution in [0.1, 0.15) is 32.1 Å². The molecule has 1 N–H and O–H groups in total. The number of rotatable bonds is 7. The Balaban J connectivity index is 2.34. The monoisotopic (exact) mass is 224 g/mol. The summed E-state index contributed by atoms with van der Waals surface area (Å²) in [7, 11) is 2.15. The normalized spacial score (nSPS) is 13.3. The minimum atomic E-state index is 0.504. The minimum absolute atomic E-state index is 0.504. The second-order valence-electron chi connectivity index (χ2n) is 4.36. The maximum atomic E-state index is 5.40. The van der Waals surface area contributed by atoms with Gasteiger partial charge in [-0.15, -0.1) is 0 Å². The summed E-state index contributed by atoms with van der Waals surface area (Å²) in [4.78, 5) is 2.31. The van der Waals surface area contributed by atoms with E-state index in [2.05, 4.69) is 44.1 Å². The van der Waals surface area contributed by atoms with E-state index < -0.39 is 0 Å². The van der Waals surface area contributed by atoms with E-state index in [1.54, 1.807) is 6.26 Å². The zero-order chi connectivity index (χ0) is 12.0. The van der Waals surface area contributed by atoms with Crippen molar-refractivity contribution in [3.8, 4) is 0 Å². The van der Waals surface area contributed by atoms with Gasteiger partial charge in [0.25, 0.3) is 0 Å². The van der Waals surface area contributed by atoms with Crippen LogP contribution in [0.2, 0.25) is 0 Å². The summed E-state index contributed by atoms with van der Waals surface area (Å²) in [5.41, 5.74) is 1.29. The fourth-order valence-electron chi connectivity index (χ4n) is 1.78. The van der Waals surface area contributed by atoms with Crippen molar-refractivity contribution in [1.29, 1.82) is 0 Å². The largest absolute Gasteiger partial charge is 0.469 e. The third-order valence-corrected chi connectivity index (χ3v) is 2.93. The molecule has 0 spiro atoms. The summed E-state index contributed by atoms with van der Waals surface area (Å²) < 4.78 is 5.40. The number of likely N-dealkylation sites (N-methyl/N-ethyl adjacent to an activating group) is 1. The summed E-state index contributed by atoms with van der Waals surface area (Å²) in [5, 5.41) is 3.52. The Labute approximate surface area is 98.8 Å². The first kappa shape index (κ1) is 13.3. The van der Waals surface area contributed by atoms with Crippen molar-refractivity contribution in [3.05, 3.63) is 23.7 Å². The molecule has 0 aliphatic carbocycles. The minimum Gasteiger partial charge on any atom is -0.469 e. The van der Waals surface area contributed by atoms with Crippen molar-refractivity contribution in [3.63, 3.8) is 0 Å². The predicted molar refractivity (Wildman–Crippen MR) is 67.6 cm³/mol. The lowest BCUT2D eigenvalue weighted by Gasteiger charge is -2.20. The summed E-state index contributed by atoms with van der Waals surface area (Å²) in [5.74, 6) is 1.10. The van der Waals surface area contributed by atoms with Gasteiger partial charge in [-0.2, -0.15) is 0 Å². The van der Waals surface area contributed by atoms with Gasteiger partial charge in [-0.1, -0.05) is 13.8 Å². The predicted octanol–water partition coefficient (Wildman–Crippen LogP) is 2.27. The molecule has 1 rings (SSSR count). The zero-order valence-corrected chi connectivity index (χ0v) is 10.9. The Hall–Kier alpha value is -0.800. The zero-order valence-electron chi connectivity index (χ0n) is 10.9. The van der Waals surface area contributed by atoms with Gasteiger partial charge < -0.3 is 14.6 Å². The van der Waals surface area contributed by atoms with Gasteiger partial charge >= 0.3 is 0 Å². The van der Waals surface area contributed by atoms with Crippen LogP contribution < -0.4 is 5.32 Å². The topological polar surface area (TPSA) is 28.4 Å². The van der Waals surface area contributed by atoms with Gasteiger partial charge in [0.05, 0.1) is 6.26 Å². The second-order valence-corrected chi connectivity index (χ2v) is 4.36. The van der Waals surface area contributed by atoms with E-state index in [1.165, 1.54) is 5.56 Å². The maximum absolute atomic E-state index is 5.40. The Morgan fingerprint density at radius 2 is 2.19 bits per heavy atom. The van der Waals surface area contributed by atoms with Gasteiger partial charge in [-0.25, -0.2) is 0 Å². The molecule has 1 aromatic heterocycles. The first-order chi connectivity index (χ1) is 7.67. The summed E-state index contributed by atoms with van der Waals surface area (Å²) in [6.45, 7) is 9.60. The van der Waals surface area contributed by atoms with Crippen LogP contribution in [0, 0.1) is 0 Å². The molecular weight excluding hydrogens is 200 g/mol. The molecule has 0 bridgehead atoms. The summed E-state index contributed by atoms with van der Waals surface area (Å²) >= 11 is 0. The fraction of sp³-hybridized carbons (Fsp3) is 0.692. The van der Waals surface area contributed by atoms with Crippen molar-refractivity contribution in [2.75, 3.05) is 20.1 Å². The molecule has 0 aromatic carbocycles. The van der Waals surface area contributed by atoms with E-state index in [0.29, 0.717) is 6.04 Å². The lowest BCUT2D eigenvalue weighted by atomic mass is 10.2. The van der Waals surface area contributed by atoms with Crippen molar-refractivity contribution in [1.82, 2.24) is 10.2 Å². The molecule has 3 heteroatoms. The van der Waals surface area contributed by atoms with E-state index in [0.717, 1.165) is 31.8 Å².